The minimum Gasteiger partial charge on any atom is -0.481 e. The molecule has 0 aromatic carbocycles. The van der Waals surface area contributed by atoms with Gasteiger partial charge in [-0.05, 0) is 18.8 Å². The zero-order valence-electron chi connectivity index (χ0n) is 16.8. The summed E-state index contributed by atoms with van der Waals surface area (Å²) in [6.45, 7) is 2.90. The maximum absolute atomic E-state index is 12.6. The maximum Gasteiger partial charge on any atom is 0.322 e. The molecule has 0 aromatic heterocycles. The second-order valence-electron chi connectivity index (χ2n) is 7.07. The van der Waals surface area contributed by atoms with Crippen molar-refractivity contribution in [2.24, 2.45) is 17.4 Å². The molecular formula is C17H29N5O8. The molecule has 0 spiro atoms. The molecule has 170 valence electrons. The summed E-state index contributed by atoms with van der Waals surface area (Å²) in [6, 6.07) is -3.80. The number of aliphatic carboxylic acids is 2. The summed E-state index contributed by atoms with van der Waals surface area (Å²) in [4.78, 5) is 69.3. The molecule has 4 amide bonds. The second kappa shape index (κ2) is 13.1. The van der Waals surface area contributed by atoms with Crippen LogP contribution in [0.4, 0.5) is 0 Å². The van der Waals surface area contributed by atoms with Crippen molar-refractivity contribution in [3.63, 3.8) is 0 Å². The molecule has 0 bridgehead atoms. The highest BCUT2D eigenvalue weighted by Crippen LogP contribution is 2.07. The van der Waals surface area contributed by atoms with Crippen LogP contribution in [0.5, 0.6) is 0 Å². The number of carboxylic acid groups (broad SMARTS) is 2. The molecule has 0 rings (SSSR count). The fraction of sp³-hybridized carbons (Fsp3) is 0.647. The van der Waals surface area contributed by atoms with Crippen molar-refractivity contribution >= 4 is 35.6 Å². The quantitative estimate of drug-likeness (QED) is 0.151. The maximum atomic E-state index is 12.6. The van der Waals surface area contributed by atoms with Crippen LogP contribution in [0.3, 0.4) is 0 Å². The van der Waals surface area contributed by atoms with Crippen molar-refractivity contribution in [1.82, 2.24) is 16.0 Å². The van der Waals surface area contributed by atoms with E-state index in [9.17, 15) is 28.8 Å². The highest BCUT2D eigenvalue weighted by atomic mass is 16.4. The van der Waals surface area contributed by atoms with E-state index in [-0.39, 0.29) is 18.8 Å². The van der Waals surface area contributed by atoms with E-state index < -0.39 is 73.1 Å². The molecule has 0 aromatic rings. The number of nitrogens with one attached hydrogen (secondary N) is 3. The summed E-state index contributed by atoms with van der Waals surface area (Å²) in [5, 5.41) is 24.4. The fourth-order valence-electron chi connectivity index (χ4n) is 2.39. The van der Waals surface area contributed by atoms with Crippen molar-refractivity contribution in [1.29, 1.82) is 0 Å². The molecule has 3 atom stereocenters. The Bertz CT molecular complexity index is 667. The summed E-state index contributed by atoms with van der Waals surface area (Å²) in [7, 11) is 0. The molecule has 0 aliphatic rings. The van der Waals surface area contributed by atoms with Crippen LogP contribution in [-0.4, -0.2) is 70.5 Å². The van der Waals surface area contributed by atoms with Gasteiger partial charge in [-0.15, -0.1) is 0 Å². The fourth-order valence-corrected chi connectivity index (χ4v) is 2.39. The number of primary amides is 1. The van der Waals surface area contributed by atoms with Crippen LogP contribution >= 0.6 is 0 Å². The molecule has 0 heterocycles. The minimum absolute atomic E-state index is 0.0538. The van der Waals surface area contributed by atoms with E-state index in [2.05, 4.69) is 16.0 Å². The Balaban J connectivity index is 5.32. The Morgan fingerprint density at radius 1 is 0.867 bits per heavy atom. The second-order valence-corrected chi connectivity index (χ2v) is 7.07. The molecule has 0 aliphatic carbocycles. The lowest BCUT2D eigenvalue weighted by Gasteiger charge is -2.24. The Kier molecular flexibility index (Phi) is 11.7. The smallest absolute Gasteiger partial charge is 0.322 e. The largest absolute Gasteiger partial charge is 0.481 e. The monoisotopic (exact) mass is 431 g/mol. The molecule has 30 heavy (non-hydrogen) atoms. The van der Waals surface area contributed by atoms with Crippen molar-refractivity contribution in [3.05, 3.63) is 0 Å². The lowest BCUT2D eigenvalue weighted by molar-refractivity contribution is -0.138. The van der Waals surface area contributed by atoms with Crippen molar-refractivity contribution in [2.75, 3.05) is 6.54 Å². The van der Waals surface area contributed by atoms with Crippen LogP contribution in [0.1, 0.15) is 39.5 Å². The number of carbonyl (C=O) groups excluding carboxylic acids is 4. The molecule has 13 heteroatoms. The van der Waals surface area contributed by atoms with Gasteiger partial charge in [0.25, 0.3) is 0 Å². The summed E-state index contributed by atoms with van der Waals surface area (Å²) >= 11 is 0. The topological polar surface area (TPSA) is 231 Å². The van der Waals surface area contributed by atoms with Gasteiger partial charge >= 0.3 is 11.9 Å². The predicted molar refractivity (Wildman–Crippen MR) is 103 cm³/mol. The first kappa shape index (κ1) is 26.8. The Morgan fingerprint density at radius 2 is 1.43 bits per heavy atom. The number of hydrogen-bond acceptors (Lipinski definition) is 7. The molecular weight excluding hydrogens is 402 g/mol. The zero-order chi connectivity index (χ0) is 23.4. The molecule has 3 unspecified atom stereocenters. The third-order valence-corrected chi connectivity index (χ3v) is 3.79. The zero-order valence-corrected chi connectivity index (χ0v) is 16.8. The third kappa shape index (κ3) is 11.6. The van der Waals surface area contributed by atoms with Crippen LogP contribution in [-0.2, 0) is 28.8 Å². The van der Waals surface area contributed by atoms with Crippen LogP contribution in [0, 0.1) is 5.92 Å². The van der Waals surface area contributed by atoms with Gasteiger partial charge in [-0.1, -0.05) is 13.8 Å². The normalized spacial score (nSPS) is 13.6. The van der Waals surface area contributed by atoms with Gasteiger partial charge in [0.1, 0.15) is 18.6 Å². The molecule has 0 radical (unpaired) electrons. The van der Waals surface area contributed by atoms with Crippen LogP contribution in [0.15, 0.2) is 0 Å². The van der Waals surface area contributed by atoms with Gasteiger partial charge in [-0.3, -0.25) is 28.8 Å². The van der Waals surface area contributed by atoms with Crippen molar-refractivity contribution < 1.29 is 39.0 Å². The standard InChI is InChI=1S/C17H29N5O8/c1-8(2)5-11(16(29)20-7-14(26)27)22-17(30)10(3-4-13(24)25)21-15(28)9(18)6-12(19)23/h8-11H,3-7,18H2,1-2H3,(H2,19,23)(H,20,29)(H,21,28)(H,22,30)(H,24,25)(H,26,27). The Morgan fingerprint density at radius 3 is 1.90 bits per heavy atom. The highest BCUT2D eigenvalue weighted by Gasteiger charge is 2.29. The average molecular weight is 431 g/mol. The number of hydrogen-bond donors (Lipinski definition) is 7. The first-order valence-electron chi connectivity index (χ1n) is 9.19. The first-order chi connectivity index (χ1) is 13.8. The van der Waals surface area contributed by atoms with Gasteiger partial charge in [-0.25, -0.2) is 0 Å². The van der Waals surface area contributed by atoms with E-state index in [1.54, 1.807) is 13.8 Å². The molecule has 0 saturated carbocycles. The predicted octanol–water partition coefficient (Wildman–Crippen LogP) is -2.73. The number of carbonyl (C=O) groups is 6. The van der Waals surface area contributed by atoms with Crippen molar-refractivity contribution in [2.45, 2.75) is 57.7 Å². The van der Waals surface area contributed by atoms with Crippen LogP contribution < -0.4 is 27.4 Å². The number of amides is 4. The first-order valence-corrected chi connectivity index (χ1v) is 9.19. The average Bonchev–Trinajstić information content (AvgIpc) is 2.60. The molecule has 0 saturated heterocycles. The molecule has 0 fully saturated rings. The van der Waals surface area contributed by atoms with Gasteiger partial charge < -0.3 is 37.6 Å². The third-order valence-electron chi connectivity index (χ3n) is 3.79. The molecule has 13 nitrogen and oxygen atoms in total. The van der Waals surface area contributed by atoms with Gasteiger partial charge in [0.2, 0.25) is 23.6 Å². The number of nitrogens with two attached hydrogens (primary N) is 2. The number of carboxylic acids is 2. The van der Waals surface area contributed by atoms with Gasteiger partial charge in [0.05, 0.1) is 12.5 Å². The van der Waals surface area contributed by atoms with Gasteiger partial charge in [0, 0.05) is 6.42 Å². The highest BCUT2D eigenvalue weighted by molar-refractivity contribution is 5.94. The summed E-state index contributed by atoms with van der Waals surface area (Å²) < 4.78 is 0. The number of rotatable bonds is 14. The van der Waals surface area contributed by atoms with Crippen LogP contribution in [0.2, 0.25) is 0 Å². The van der Waals surface area contributed by atoms with Gasteiger partial charge in [-0.2, -0.15) is 0 Å². The molecule has 0 aliphatic heterocycles. The summed E-state index contributed by atoms with van der Waals surface area (Å²) in [5.41, 5.74) is 10.5. The van der Waals surface area contributed by atoms with E-state index >= 15 is 0 Å². The summed E-state index contributed by atoms with van der Waals surface area (Å²) in [5.74, 6) is -5.87. The lowest BCUT2D eigenvalue weighted by atomic mass is 10.0. The molecule has 9 N–H and O–H groups in total. The van der Waals surface area contributed by atoms with E-state index in [0.717, 1.165) is 0 Å². The lowest BCUT2D eigenvalue weighted by Crippen LogP contribution is -2.56. The Labute approximate surface area is 172 Å². The Hall–Kier alpha value is -3.22. The van der Waals surface area contributed by atoms with E-state index in [4.69, 9.17) is 21.7 Å². The van der Waals surface area contributed by atoms with Gasteiger partial charge in [0.15, 0.2) is 0 Å². The van der Waals surface area contributed by atoms with Crippen molar-refractivity contribution in [3.8, 4) is 0 Å². The minimum atomic E-state index is -1.35. The van der Waals surface area contributed by atoms with Crippen LogP contribution in [0.25, 0.3) is 0 Å². The van der Waals surface area contributed by atoms with E-state index in [1.807, 2.05) is 0 Å². The van der Waals surface area contributed by atoms with E-state index in [0.29, 0.717) is 0 Å². The summed E-state index contributed by atoms with van der Waals surface area (Å²) in [6.07, 6.45) is -1.09. The SMILES string of the molecule is CC(C)CC(NC(=O)C(CCC(=O)O)NC(=O)C(N)CC(N)=O)C(=O)NCC(=O)O. The van der Waals surface area contributed by atoms with E-state index in [1.165, 1.54) is 0 Å².